The summed E-state index contributed by atoms with van der Waals surface area (Å²) in [5.41, 5.74) is 2.46. The van der Waals surface area contributed by atoms with Gasteiger partial charge in [0.2, 0.25) is 11.8 Å². The van der Waals surface area contributed by atoms with Gasteiger partial charge in [-0.3, -0.25) is 4.79 Å². The van der Waals surface area contributed by atoms with Crippen LogP contribution in [0.5, 0.6) is 23.1 Å². The Balaban J connectivity index is 1.14. The summed E-state index contributed by atoms with van der Waals surface area (Å²) in [6.07, 6.45) is 4.05. The van der Waals surface area contributed by atoms with Crippen LogP contribution in [0.3, 0.4) is 0 Å². The van der Waals surface area contributed by atoms with Gasteiger partial charge < -0.3 is 30.2 Å². The molecule has 0 bridgehead atoms. The average Bonchev–Trinajstić information content (AvgIpc) is 3.35. The van der Waals surface area contributed by atoms with Crippen LogP contribution in [-0.2, 0) is 11.2 Å². The number of carbonyl (C=O) groups excluding carboxylic acids is 2. The molecule has 3 amide bonds. The molecule has 3 atom stereocenters. The van der Waals surface area contributed by atoms with Gasteiger partial charge in [-0.2, -0.15) is 0 Å². The van der Waals surface area contributed by atoms with Gasteiger partial charge in [0.05, 0.1) is 19.1 Å². The molecule has 4 heterocycles. The molecule has 0 radical (unpaired) electrons. The van der Waals surface area contributed by atoms with E-state index in [9.17, 15) is 9.59 Å². The molecule has 3 N–H and O–H groups in total. The van der Waals surface area contributed by atoms with Crippen molar-refractivity contribution < 1.29 is 23.8 Å². The number of benzene rings is 1. The van der Waals surface area contributed by atoms with Crippen LogP contribution in [0.4, 0.5) is 16.3 Å². The number of pyridine rings is 2. The summed E-state index contributed by atoms with van der Waals surface area (Å²) in [4.78, 5) is 32.4. The predicted molar refractivity (Wildman–Crippen MR) is 122 cm³/mol. The van der Waals surface area contributed by atoms with Gasteiger partial charge in [0.15, 0.2) is 0 Å². The van der Waals surface area contributed by atoms with Crippen LogP contribution in [0.15, 0.2) is 48.8 Å². The number of amides is 3. The lowest BCUT2D eigenvalue weighted by atomic mass is 10.1. The Labute approximate surface area is 194 Å². The maximum Gasteiger partial charge on any atom is 0.319 e. The second-order valence-corrected chi connectivity index (χ2v) is 8.31. The molecule has 1 fully saturated rings. The number of anilines is 2. The van der Waals surface area contributed by atoms with Crippen molar-refractivity contribution in [3.8, 4) is 23.1 Å². The van der Waals surface area contributed by atoms with E-state index in [1.807, 2.05) is 18.2 Å². The Morgan fingerprint density at radius 2 is 2.03 bits per heavy atom. The van der Waals surface area contributed by atoms with Gasteiger partial charge in [-0.25, -0.2) is 14.8 Å². The van der Waals surface area contributed by atoms with Gasteiger partial charge in [0, 0.05) is 41.7 Å². The largest absolute Gasteiger partial charge is 0.487 e. The second-order valence-electron chi connectivity index (χ2n) is 8.31. The van der Waals surface area contributed by atoms with Gasteiger partial charge in [-0.05, 0) is 36.8 Å². The summed E-state index contributed by atoms with van der Waals surface area (Å²) in [5.74, 6) is 3.10. The van der Waals surface area contributed by atoms with Crippen LogP contribution in [0.25, 0.3) is 0 Å². The van der Waals surface area contributed by atoms with E-state index in [-0.39, 0.29) is 30.0 Å². The third kappa shape index (κ3) is 3.62. The Hall–Kier alpha value is -4.34. The van der Waals surface area contributed by atoms with Crippen molar-refractivity contribution in [2.45, 2.75) is 30.9 Å². The minimum atomic E-state index is -0.323. The van der Waals surface area contributed by atoms with Gasteiger partial charge >= 0.3 is 6.03 Å². The topological polar surface area (TPSA) is 124 Å². The number of rotatable bonds is 5. The molecule has 6 rings (SSSR count). The fraction of sp³-hybridized carbons (Fsp3) is 0.250. The zero-order chi connectivity index (χ0) is 23.2. The SMILES string of the molecule is COc1cc(NC(=O)NC2[C@H]3Oc4ccc(Oc5ccnc6c5CCC(=O)N6)cc4[C@@H]23)ccn1. The molecule has 172 valence electrons. The van der Waals surface area contributed by atoms with E-state index in [2.05, 4.69) is 25.9 Å². The summed E-state index contributed by atoms with van der Waals surface area (Å²) in [6, 6.07) is 10.4. The number of nitrogens with one attached hydrogen (secondary N) is 3. The molecule has 1 aliphatic carbocycles. The third-order valence-corrected chi connectivity index (χ3v) is 6.16. The zero-order valence-corrected chi connectivity index (χ0v) is 18.2. The van der Waals surface area contributed by atoms with Gasteiger partial charge in [0.1, 0.15) is 29.2 Å². The summed E-state index contributed by atoms with van der Waals surface area (Å²) in [7, 11) is 1.52. The normalized spacial score (nSPS) is 21.2. The number of carbonyl (C=O) groups is 2. The monoisotopic (exact) mass is 459 g/mol. The lowest BCUT2D eigenvalue weighted by Gasteiger charge is -2.19. The van der Waals surface area contributed by atoms with Gasteiger partial charge in [0.25, 0.3) is 0 Å². The van der Waals surface area contributed by atoms with Crippen molar-refractivity contribution in [3.63, 3.8) is 0 Å². The third-order valence-electron chi connectivity index (χ3n) is 6.16. The highest BCUT2D eigenvalue weighted by molar-refractivity contribution is 5.93. The number of hydrogen-bond donors (Lipinski definition) is 3. The smallest absolute Gasteiger partial charge is 0.319 e. The molecule has 1 unspecified atom stereocenters. The zero-order valence-electron chi connectivity index (χ0n) is 18.2. The van der Waals surface area contributed by atoms with E-state index in [1.54, 1.807) is 30.6 Å². The second kappa shape index (κ2) is 7.91. The van der Waals surface area contributed by atoms with Crippen LogP contribution >= 0.6 is 0 Å². The Morgan fingerprint density at radius 3 is 2.91 bits per heavy atom. The fourth-order valence-electron chi connectivity index (χ4n) is 4.47. The first-order valence-corrected chi connectivity index (χ1v) is 10.9. The quantitative estimate of drug-likeness (QED) is 0.535. The highest BCUT2D eigenvalue weighted by Crippen LogP contribution is 2.54. The molecule has 34 heavy (non-hydrogen) atoms. The minimum Gasteiger partial charge on any atom is -0.487 e. The molecule has 1 aromatic carbocycles. The predicted octanol–water partition coefficient (Wildman–Crippen LogP) is 3.21. The molecule has 2 aliphatic heterocycles. The standard InChI is InChI=1S/C24H21N5O5/c1-32-19-10-12(6-8-25-19)27-24(31)29-21-20-15-11-13(2-4-16(15)34-22(20)21)33-17-7-9-26-23-14(17)3-5-18(30)28-23/h2,4,6-11,20-22H,3,5H2,1H3,(H,26,28,30)(H2,25,27,29,31)/t20-,21?,22-/m0/s1. The van der Waals surface area contributed by atoms with Crippen LogP contribution < -0.4 is 30.2 Å². The Morgan fingerprint density at radius 1 is 1.15 bits per heavy atom. The average molecular weight is 459 g/mol. The van der Waals surface area contributed by atoms with E-state index < -0.39 is 0 Å². The maximum atomic E-state index is 12.5. The van der Waals surface area contributed by atoms with Crippen molar-refractivity contribution in [3.05, 3.63) is 59.9 Å². The molecule has 10 nitrogen and oxygen atoms in total. The van der Waals surface area contributed by atoms with Crippen molar-refractivity contribution in [2.75, 3.05) is 17.7 Å². The van der Waals surface area contributed by atoms with E-state index in [1.165, 1.54) is 7.11 Å². The van der Waals surface area contributed by atoms with Crippen molar-refractivity contribution in [1.29, 1.82) is 0 Å². The molecule has 3 aromatic rings. The van der Waals surface area contributed by atoms with Crippen LogP contribution in [-0.4, -0.2) is 41.2 Å². The number of hydrogen-bond acceptors (Lipinski definition) is 7. The van der Waals surface area contributed by atoms with E-state index in [0.29, 0.717) is 41.7 Å². The molecular formula is C24H21N5O5. The first-order valence-electron chi connectivity index (χ1n) is 10.9. The summed E-state index contributed by atoms with van der Waals surface area (Å²) >= 11 is 0. The Kier molecular flexibility index (Phi) is 4.72. The lowest BCUT2D eigenvalue weighted by molar-refractivity contribution is -0.116. The minimum absolute atomic E-state index is 0.0442. The molecule has 10 heteroatoms. The van der Waals surface area contributed by atoms with Crippen LogP contribution in [0.2, 0.25) is 0 Å². The first kappa shape index (κ1) is 20.3. The number of nitrogens with zero attached hydrogens (tertiary/aromatic N) is 2. The van der Waals surface area contributed by atoms with Crippen LogP contribution in [0, 0.1) is 0 Å². The lowest BCUT2D eigenvalue weighted by Crippen LogP contribution is -2.34. The van der Waals surface area contributed by atoms with E-state index in [0.717, 1.165) is 16.9 Å². The molecule has 2 aromatic heterocycles. The molecule has 3 aliphatic rings. The molecular weight excluding hydrogens is 438 g/mol. The highest BCUT2D eigenvalue weighted by Gasteiger charge is 2.59. The van der Waals surface area contributed by atoms with Crippen molar-refractivity contribution >= 4 is 23.4 Å². The van der Waals surface area contributed by atoms with Crippen molar-refractivity contribution in [1.82, 2.24) is 15.3 Å². The molecule has 0 spiro atoms. The van der Waals surface area contributed by atoms with Crippen molar-refractivity contribution in [2.24, 2.45) is 0 Å². The molecule has 1 saturated carbocycles. The van der Waals surface area contributed by atoms with E-state index in [4.69, 9.17) is 14.2 Å². The highest BCUT2D eigenvalue weighted by atomic mass is 16.5. The summed E-state index contributed by atoms with van der Waals surface area (Å²) < 4.78 is 17.2. The maximum absolute atomic E-state index is 12.5. The summed E-state index contributed by atoms with van der Waals surface area (Å²) in [6.45, 7) is 0. The number of fused-ring (bicyclic) bond motifs is 4. The van der Waals surface area contributed by atoms with Gasteiger partial charge in [-0.1, -0.05) is 0 Å². The number of ether oxygens (including phenoxy) is 3. The van der Waals surface area contributed by atoms with Gasteiger partial charge in [-0.15, -0.1) is 0 Å². The first-order chi connectivity index (χ1) is 16.6. The fourth-order valence-corrected chi connectivity index (χ4v) is 4.47. The summed E-state index contributed by atoms with van der Waals surface area (Å²) in [5, 5.41) is 8.55. The number of urea groups is 1. The number of methoxy groups -OCH3 is 1. The molecule has 0 saturated heterocycles. The van der Waals surface area contributed by atoms with E-state index >= 15 is 0 Å². The number of aromatic nitrogens is 2. The Bertz CT molecular complexity index is 1310. The van der Waals surface area contributed by atoms with Crippen LogP contribution in [0.1, 0.15) is 23.5 Å².